The van der Waals surface area contributed by atoms with Gasteiger partial charge in [0.2, 0.25) is 18.1 Å². The van der Waals surface area contributed by atoms with E-state index in [0.717, 1.165) is 19.2 Å². The first-order valence-corrected chi connectivity index (χ1v) is 16.2. The van der Waals surface area contributed by atoms with E-state index < -0.39 is 78.6 Å². The van der Waals surface area contributed by atoms with Crippen LogP contribution in [0.2, 0.25) is 0 Å². The van der Waals surface area contributed by atoms with Gasteiger partial charge in [0.05, 0.1) is 12.7 Å². The third kappa shape index (κ3) is 8.49. The van der Waals surface area contributed by atoms with E-state index >= 15 is 0 Å². The summed E-state index contributed by atoms with van der Waals surface area (Å²) in [5.74, 6) is -2.38. The second kappa shape index (κ2) is 15.2. The molecule has 1 aliphatic carbocycles. The number of ether oxygens (including phenoxy) is 4. The van der Waals surface area contributed by atoms with Gasteiger partial charge in [0.1, 0.15) is 29.4 Å². The highest BCUT2D eigenvalue weighted by molar-refractivity contribution is 7.11. The van der Waals surface area contributed by atoms with Gasteiger partial charge >= 0.3 is 24.6 Å². The Kier molecular flexibility index (Phi) is 11.5. The maximum Gasteiger partial charge on any atom is 0.433 e. The number of hydrogen-bond acceptors (Lipinski definition) is 12. The average molecular weight is 774 g/mol. The lowest BCUT2D eigenvalue weighted by Gasteiger charge is -2.41. The van der Waals surface area contributed by atoms with Crippen molar-refractivity contribution in [1.82, 2.24) is 15.3 Å². The smallest absolute Gasteiger partial charge is 0.433 e. The van der Waals surface area contributed by atoms with Crippen molar-refractivity contribution < 1.29 is 79.3 Å². The maximum absolute atomic E-state index is 13.7. The molecule has 6 atom stereocenters. The molecule has 2 fully saturated rings. The lowest BCUT2D eigenvalue weighted by Crippen LogP contribution is -2.65. The largest absolute Gasteiger partial charge is 0.487 e. The van der Waals surface area contributed by atoms with Gasteiger partial charge < -0.3 is 44.7 Å². The van der Waals surface area contributed by atoms with E-state index in [1.807, 2.05) is 0 Å². The predicted octanol–water partition coefficient (Wildman–Crippen LogP) is 3.69. The number of alkyl halides is 8. The molecule has 0 bridgehead atoms. The van der Waals surface area contributed by atoms with Gasteiger partial charge in [-0.2, -0.15) is 35.1 Å². The minimum absolute atomic E-state index is 0.0570. The number of aliphatic hydroxyl groups is 4. The van der Waals surface area contributed by atoms with Crippen LogP contribution in [0.1, 0.15) is 46.7 Å². The summed E-state index contributed by atoms with van der Waals surface area (Å²) >= 11 is -0.0570. The Hall–Kier alpha value is -3.89. The molecule has 1 aliphatic heterocycles. The Morgan fingerprint density at radius 2 is 1.69 bits per heavy atom. The second-order valence-electron chi connectivity index (χ2n) is 12.0. The molecule has 2 aliphatic rings. The Bertz CT molecular complexity index is 1680. The van der Waals surface area contributed by atoms with E-state index in [2.05, 4.69) is 20.0 Å². The van der Waals surface area contributed by atoms with Crippen molar-refractivity contribution in [3.8, 4) is 17.4 Å². The molecular formula is C31H31F8N3O9S. The van der Waals surface area contributed by atoms with Gasteiger partial charge in [-0.05, 0) is 42.5 Å². The van der Waals surface area contributed by atoms with Gasteiger partial charge in [0.25, 0.3) is 0 Å². The number of halogens is 8. The van der Waals surface area contributed by atoms with Crippen LogP contribution in [0.3, 0.4) is 0 Å². The monoisotopic (exact) mass is 773 g/mol. The van der Waals surface area contributed by atoms with E-state index in [9.17, 15) is 60.3 Å². The Morgan fingerprint density at radius 3 is 2.25 bits per heavy atom. The van der Waals surface area contributed by atoms with Gasteiger partial charge in [0, 0.05) is 36.2 Å². The van der Waals surface area contributed by atoms with Gasteiger partial charge in [-0.25, -0.2) is 9.97 Å². The van der Waals surface area contributed by atoms with Crippen molar-refractivity contribution in [2.75, 3.05) is 6.61 Å². The van der Waals surface area contributed by atoms with Gasteiger partial charge in [-0.15, -0.1) is 11.3 Å². The molecule has 1 saturated carbocycles. The molecular weight excluding hydrogens is 742 g/mol. The number of carbonyl (C=O) groups is 1. The molecule has 1 aromatic carbocycles. The minimum Gasteiger partial charge on any atom is -0.487 e. The van der Waals surface area contributed by atoms with Crippen LogP contribution in [-0.2, 0) is 21.6 Å². The van der Waals surface area contributed by atoms with E-state index in [4.69, 9.17) is 14.2 Å². The molecule has 5 rings (SSSR count). The lowest BCUT2D eigenvalue weighted by atomic mass is 9.91. The molecule has 0 spiro atoms. The second-order valence-corrected chi connectivity index (χ2v) is 13.1. The standard InChI is InChI=1S/C31H31F8N3O9S/c1-13(44)42-23-25(46)24(45)20(12-43)49-26(23)51-22-7-2-14(10-40-22)8-17(15-3-6-18(50-28(32)33)19(9-15)48-16-4-5-16)21-11-41-27(52-21)29(47,30(34,35)36)31(37,38)39/h2-3,6-7,9-11,16-17,20,23-26,28,43,45-47H,4-5,8,12H2,1H3,(H,42,44)/t17-,20+,23+,24+,25+,26-/m0/s1. The van der Waals surface area contributed by atoms with E-state index in [0.29, 0.717) is 18.4 Å². The van der Waals surface area contributed by atoms with Crippen LogP contribution in [0.15, 0.2) is 42.7 Å². The normalized spacial score (nSPS) is 23.3. The number of nitrogens with zero attached hydrogens (tertiary/aromatic N) is 2. The number of nitrogens with one attached hydrogen (secondary N) is 1. The van der Waals surface area contributed by atoms with Crippen LogP contribution < -0.4 is 19.5 Å². The molecule has 0 radical (unpaired) electrons. The Morgan fingerprint density at radius 1 is 1.00 bits per heavy atom. The molecule has 0 unspecified atom stereocenters. The van der Waals surface area contributed by atoms with E-state index in [1.165, 1.54) is 30.5 Å². The van der Waals surface area contributed by atoms with Crippen LogP contribution in [0, 0.1) is 0 Å². The zero-order chi connectivity index (χ0) is 38.2. The molecule has 1 saturated heterocycles. The highest BCUT2D eigenvalue weighted by atomic mass is 32.1. The zero-order valence-electron chi connectivity index (χ0n) is 26.6. The van der Waals surface area contributed by atoms with Crippen LogP contribution in [0.25, 0.3) is 0 Å². The first-order valence-electron chi connectivity index (χ1n) is 15.4. The molecule has 2 aromatic heterocycles. The lowest BCUT2D eigenvalue weighted by molar-refractivity contribution is -0.376. The highest BCUT2D eigenvalue weighted by Crippen LogP contribution is 2.52. The Balaban J connectivity index is 1.48. The number of hydrogen-bond donors (Lipinski definition) is 5. The molecule has 1 amide bonds. The van der Waals surface area contributed by atoms with Crippen molar-refractivity contribution >= 4 is 17.2 Å². The summed E-state index contributed by atoms with van der Waals surface area (Å²) in [6.07, 6.45) is -15.7. The first-order chi connectivity index (χ1) is 24.3. The first kappa shape index (κ1) is 39.3. The third-order valence-corrected chi connectivity index (χ3v) is 9.35. The molecule has 21 heteroatoms. The fourth-order valence-electron chi connectivity index (χ4n) is 5.32. The topological polar surface area (TPSA) is 173 Å². The van der Waals surface area contributed by atoms with Crippen LogP contribution in [0.5, 0.6) is 17.4 Å². The number of amides is 1. The molecule has 3 aromatic rings. The summed E-state index contributed by atoms with van der Waals surface area (Å²) < 4.78 is 130. The number of benzene rings is 1. The predicted molar refractivity (Wildman–Crippen MR) is 161 cm³/mol. The molecule has 3 heterocycles. The summed E-state index contributed by atoms with van der Waals surface area (Å²) in [5, 5.41) is 40.9. The fourth-order valence-corrected chi connectivity index (χ4v) is 6.50. The van der Waals surface area contributed by atoms with Crippen molar-refractivity contribution in [2.24, 2.45) is 0 Å². The van der Waals surface area contributed by atoms with Gasteiger partial charge in [0.15, 0.2) is 11.5 Å². The van der Waals surface area contributed by atoms with Crippen LogP contribution in [0.4, 0.5) is 35.1 Å². The van der Waals surface area contributed by atoms with Crippen LogP contribution in [-0.4, -0.2) is 98.6 Å². The SMILES string of the molecule is CC(=O)N[C@H]1[C@H](Oc2ccc(C[C@@H](c3ccc(OC(F)F)c(OC4CC4)c3)c3cnc(C(O)(C(F)(F)F)C(F)(F)F)s3)cn2)O[C@H](CO)[C@@H](O)[C@@H]1O. The number of aliphatic hydroxyl groups excluding tert-OH is 3. The van der Waals surface area contributed by atoms with E-state index in [1.54, 1.807) is 0 Å². The summed E-state index contributed by atoms with van der Waals surface area (Å²) in [6, 6.07) is 5.05. The van der Waals surface area contributed by atoms with Gasteiger partial charge in [-0.1, -0.05) is 12.1 Å². The quantitative estimate of drug-likeness (QED) is 0.161. The van der Waals surface area contributed by atoms with Gasteiger partial charge in [-0.3, -0.25) is 4.79 Å². The summed E-state index contributed by atoms with van der Waals surface area (Å²) in [5.41, 5.74) is -4.79. The minimum atomic E-state index is -6.19. The van der Waals surface area contributed by atoms with Crippen molar-refractivity contribution in [3.05, 3.63) is 63.7 Å². The fraction of sp³-hybridized carbons (Fsp3) is 0.516. The number of aromatic nitrogens is 2. The number of carbonyl (C=O) groups excluding carboxylic acids is 1. The molecule has 286 valence electrons. The molecule has 5 N–H and O–H groups in total. The average Bonchev–Trinajstić information content (AvgIpc) is 3.74. The van der Waals surface area contributed by atoms with Crippen LogP contribution >= 0.6 is 11.3 Å². The number of rotatable bonds is 13. The number of pyridine rings is 1. The van der Waals surface area contributed by atoms with Crippen molar-refractivity contribution in [2.45, 2.75) is 93.4 Å². The summed E-state index contributed by atoms with van der Waals surface area (Å²) in [6.45, 7) is -2.82. The Labute approximate surface area is 292 Å². The zero-order valence-corrected chi connectivity index (χ0v) is 27.5. The summed E-state index contributed by atoms with van der Waals surface area (Å²) in [4.78, 5) is 19.0. The molecule has 12 nitrogen and oxygen atoms in total. The van der Waals surface area contributed by atoms with Crippen molar-refractivity contribution in [3.63, 3.8) is 0 Å². The number of thiazole rings is 1. The van der Waals surface area contributed by atoms with E-state index in [-0.39, 0.29) is 51.7 Å². The third-order valence-electron chi connectivity index (χ3n) is 8.13. The highest BCUT2D eigenvalue weighted by Gasteiger charge is 2.73. The molecule has 52 heavy (non-hydrogen) atoms. The summed E-state index contributed by atoms with van der Waals surface area (Å²) in [7, 11) is 0. The maximum atomic E-state index is 13.7. The van der Waals surface area contributed by atoms with Crippen molar-refractivity contribution in [1.29, 1.82) is 0 Å².